The molecule has 2 N–H and O–H groups in total. The van der Waals surface area contributed by atoms with Crippen LogP contribution in [0.5, 0.6) is 0 Å². The Kier molecular flexibility index (Phi) is 6.15. The van der Waals surface area contributed by atoms with Gasteiger partial charge < -0.3 is 14.9 Å². The van der Waals surface area contributed by atoms with Crippen LogP contribution in [-0.2, 0) is 9.53 Å². The number of ether oxygens (including phenoxy) is 1. The van der Waals surface area contributed by atoms with Gasteiger partial charge in [0.2, 0.25) is 0 Å². The smallest absolute Gasteiger partial charge is 0.323 e. The Labute approximate surface area is 169 Å². The molecular formula is C23H37NO4. The number of carbonyl (C=O) groups excluding carboxylic acids is 1. The molecule has 0 radical (unpaired) electrons. The zero-order valence-corrected chi connectivity index (χ0v) is 17.4. The van der Waals surface area contributed by atoms with Crippen molar-refractivity contribution in [1.29, 1.82) is 0 Å². The quantitative estimate of drug-likeness (QED) is 0.557. The summed E-state index contributed by atoms with van der Waals surface area (Å²) >= 11 is 0. The van der Waals surface area contributed by atoms with Gasteiger partial charge in [0.1, 0.15) is 6.04 Å². The first-order valence-corrected chi connectivity index (χ1v) is 11.4. The minimum atomic E-state index is -0.429. The van der Waals surface area contributed by atoms with Crippen LogP contribution >= 0.6 is 0 Å². The molecule has 2 aliphatic heterocycles. The molecular weight excluding hydrogens is 354 g/mol. The third kappa shape index (κ3) is 3.66. The van der Waals surface area contributed by atoms with Crippen molar-refractivity contribution >= 4 is 5.97 Å². The summed E-state index contributed by atoms with van der Waals surface area (Å²) in [7, 11) is 1.47. The third-order valence-electron chi connectivity index (χ3n) is 8.33. The highest BCUT2D eigenvalue weighted by Crippen LogP contribution is 2.49. The van der Waals surface area contributed by atoms with Gasteiger partial charge >= 0.3 is 5.97 Å². The summed E-state index contributed by atoms with van der Waals surface area (Å²) in [5.41, 5.74) is 0. The molecule has 5 nitrogen and oxygen atoms in total. The van der Waals surface area contributed by atoms with E-state index in [1.807, 2.05) is 6.08 Å². The van der Waals surface area contributed by atoms with E-state index >= 15 is 0 Å². The second-order valence-corrected chi connectivity index (χ2v) is 9.70. The zero-order chi connectivity index (χ0) is 19.8. The lowest BCUT2D eigenvalue weighted by Crippen LogP contribution is -2.51. The van der Waals surface area contributed by atoms with Gasteiger partial charge in [-0.1, -0.05) is 44.8 Å². The molecule has 2 saturated carbocycles. The van der Waals surface area contributed by atoms with E-state index in [-0.39, 0.29) is 36.0 Å². The fourth-order valence-corrected chi connectivity index (χ4v) is 6.76. The number of nitrogens with zero attached hydrogens (tertiary/aromatic N) is 1. The van der Waals surface area contributed by atoms with Crippen molar-refractivity contribution in [3.8, 4) is 0 Å². The molecule has 0 amide bonds. The number of aliphatic hydroxyl groups is 2. The topological polar surface area (TPSA) is 70.0 Å². The summed E-state index contributed by atoms with van der Waals surface area (Å²) in [4.78, 5) is 14.7. The van der Waals surface area contributed by atoms with E-state index in [9.17, 15) is 15.0 Å². The largest absolute Gasteiger partial charge is 0.468 e. The molecule has 0 spiro atoms. The normalized spacial score (nSPS) is 41.1. The van der Waals surface area contributed by atoms with E-state index in [4.69, 9.17) is 4.74 Å². The standard InChI is InChI=1S/C23H37NO4/c1-14(15-6-3-4-7-15)21(25)11-10-17-18-12-16-8-5-9-19(23(27)28-2)24(16)20(18)13-22(17)26/h10-11,14-22,25-26H,3-9,12-13H2,1-2H3/b11-10+/t14?,16?,17-,18-,19?,20-,21+,22-/m1/s1. The maximum Gasteiger partial charge on any atom is 0.323 e. The van der Waals surface area contributed by atoms with Crippen molar-refractivity contribution in [2.45, 2.75) is 95.0 Å². The fraction of sp³-hybridized carbons (Fsp3) is 0.870. The van der Waals surface area contributed by atoms with Gasteiger partial charge in [0.25, 0.3) is 0 Å². The van der Waals surface area contributed by atoms with Crippen LogP contribution in [0.4, 0.5) is 0 Å². The molecule has 0 aromatic heterocycles. The second kappa shape index (κ2) is 8.45. The molecule has 0 aromatic carbocycles. The Morgan fingerprint density at radius 1 is 1.14 bits per heavy atom. The van der Waals surface area contributed by atoms with E-state index in [1.54, 1.807) is 0 Å². The van der Waals surface area contributed by atoms with E-state index in [0.717, 1.165) is 32.1 Å². The van der Waals surface area contributed by atoms with Gasteiger partial charge in [0.05, 0.1) is 19.3 Å². The van der Waals surface area contributed by atoms with Gasteiger partial charge in [-0.05, 0) is 49.9 Å². The molecule has 3 unspecified atom stereocenters. The van der Waals surface area contributed by atoms with Crippen molar-refractivity contribution < 1.29 is 19.7 Å². The van der Waals surface area contributed by atoms with Crippen LogP contribution < -0.4 is 0 Å². The summed E-state index contributed by atoms with van der Waals surface area (Å²) in [6.45, 7) is 2.16. The minimum Gasteiger partial charge on any atom is -0.468 e. The van der Waals surface area contributed by atoms with Crippen molar-refractivity contribution in [2.24, 2.45) is 23.7 Å². The van der Waals surface area contributed by atoms with Crippen LogP contribution in [0.3, 0.4) is 0 Å². The lowest BCUT2D eigenvalue weighted by Gasteiger charge is -2.39. The maximum absolute atomic E-state index is 12.3. The zero-order valence-electron chi connectivity index (χ0n) is 17.4. The molecule has 8 atom stereocenters. The van der Waals surface area contributed by atoms with Gasteiger partial charge in [0, 0.05) is 18.0 Å². The van der Waals surface area contributed by atoms with E-state index < -0.39 is 6.10 Å². The number of fused-ring (bicyclic) bond motifs is 3. The van der Waals surface area contributed by atoms with Gasteiger partial charge in [-0.25, -0.2) is 0 Å². The van der Waals surface area contributed by atoms with Gasteiger partial charge in [-0.15, -0.1) is 0 Å². The van der Waals surface area contributed by atoms with Crippen LogP contribution in [0, 0.1) is 23.7 Å². The first-order chi connectivity index (χ1) is 13.5. The van der Waals surface area contributed by atoms with Crippen LogP contribution in [0.1, 0.15) is 64.7 Å². The number of esters is 1. The Morgan fingerprint density at radius 2 is 1.89 bits per heavy atom. The molecule has 0 aromatic rings. The molecule has 2 heterocycles. The Morgan fingerprint density at radius 3 is 2.61 bits per heavy atom. The second-order valence-electron chi connectivity index (χ2n) is 9.70. The molecule has 4 aliphatic rings. The van der Waals surface area contributed by atoms with Gasteiger partial charge in [-0.3, -0.25) is 9.69 Å². The van der Waals surface area contributed by atoms with Crippen LogP contribution in [-0.4, -0.2) is 58.5 Å². The lowest BCUT2D eigenvalue weighted by atomic mass is 9.85. The molecule has 28 heavy (non-hydrogen) atoms. The number of aliphatic hydroxyl groups excluding tert-OH is 2. The molecule has 0 bridgehead atoms. The van der Waals surface area contributed by atoms with E-state index in [1.165, 1.54) is 32.8 Å². The number of piperidine rings is 1. The molecule has 4 rings (SSSR count). The van der Waals surface area contributed by atoms with E-state index in [0.29, 0.717) is 17.9 Å². The monoisotopic (exact) mass is 391 g/mol. The Bertz CT molecular complexity index is 587. The van der Waals surface area contributed by atoms with Crippen LogP contribution in [0.25, 0.3) is 0 Å². The summed E-state index contributed by atoms with van der Waals surface area (Å²) in [5, 5.41) is 21.4. The highest BCUT2D eigenvalue weighted by atomic mass is 16.5. The maximum atomic E-state index is 12.3. The summed E-state index contributed by atoms with van der Waals surface area (Å²) in [6.07, 6.45) is 13.1. The van der Waals surface area contributed by atoms with Crippen LogP contribution in [0.15, 0.2) is 12.2 Å². The molecule has 2 aliphatic carbocycles. The predicted molar refractivity (Wildman–Crippen MR) is 108 cm³/mol. The molecule has 5 heteroatoms. The predicted octanol–water partition coefficient (Wildman–Crippen LogP) is 2.90. The first-order valence-electron chi connectivity index (χ1n) is 11.4. The van der Waals surface area contributed by atoms with Crippen molar-refractivity contribution in [2.75, 3.05) is 7.11 Å². The van der Waals surface area contributed by atoms with Crippen molar-refractivity contribution in [3.05, 3.63) is 12.2 Å². The number of carbonyl (C=O) groups is 1. The van der Waals surface area contributed by atoms with E-state index in [2.05, 4.69) is 17.9 Å². The highest BCUT2D eigenvalue weighted by molar-refractivity contribution is 5.76. The van der Waals surface area contributed by atoms with Crippen LogP contribution in [0.2, 0.25) is 0 Å². The summed E-state index contributed by atoms with van der Waals surface area (Å²) in [6, 6.07) is 0.531. The number of methoxy groups -OCH3 is 1. The third-order valence-corrected chi connectivity index (χ3v) is 8.33. The summed E-state index contributed by atoms with van der Waals surface area (Å²) in [5.74, 6) is 1.24. The molecule has 158 valence electrons. The van der Waals surface area contributed by atoms with Gasteiger partial charge in [0.15, 0.2) is 0 Å². The number of hydrogen-bond acceptors (Lipinski definition) is 5. The minimum absolute atomic E-state index is 0.0827. The van der Waals surface area contributed by atoms with Crippen molar-refractivity contribution in [3.63, 3.8) is 0 Å². The molecule has 2 saturated heterocycles. The van der Waals surface area contributed by atoms with Gasteiger partial charge in [-0.2, -0.15) is 0 Å². The fourth-order valence-electron chi connectivity index (χ4n) is 6.76. The number of rotatable bonds is 5. The Hall–Kier alpha value is -0.910. The SMILES string of the molecule is COC(=O)C1CCCC2C[C@@H]3[C@@H](/C=C/[C@H](O)C(C)C4CCCC4)[C@H](O)C[C@H]3N21. The number of hydrogen-bond donors (Lipinski definition) is 2. The first kappa shape index (κ1) is 20.4. The average Bonchev–Trinajstić information content (AvgIpc) is 3.41. The highest BCUT2D eigenvalue weighted by Gasteiger charge is 2.55. The molecule has 4 fully saturated rings. The Balaban J connectivity index is 1.44. The average molecular weight is 392 g/mol. The van der Waals surface area contributed by atoms with Crippen molar-refractivity contribution in [1.82, 2.24) is 4.90 Å². The summed E-state index contributed by atoms with van der Waals surface area (Å²) < 4.78 is 5.06. The lowest BCUT2D eigenvalue weighted by molar-refractivity contribution is -0.150.